The number of carbonyl (C=O) groups excluding carboxylic acids is 1. The second kappa shape index (κ2) is 8.33. The van der Waals surface area contributed by atoms with Crippen molar-refractivity contribution in [1.82, 2.24) is 0 Å². The zero-order chi connectivity index (χ0) is 19.5. The predicted octanol–water partition coefficient (Wildman–Crippen LogP) is 3.21. The summed E-state index contributed by atoms with van der Waals surface area (Å²) in [6, 6.07) is 12.1. The third-order valence-corrected chi connectivity index (χ3v) is 5.80. The van der Waals surface area contributed by atoms with Crippen LogP contribution in [0.25, 0.3) is 0 Å². The molecule has 4 rings (SSSR count). The van der Waals surface area contributed by atoms with Crippen LogP contribution in [0.4, 0.5) is 11.4 Å². The van der Waals surface area contributed by atoms with Gasteiger partial charge in [-0.05, 0) is 37.1 Å². The van der Waals surface area contributed by atoms with Crippen molar-refractivity contribution in [2.45, 2.75) is 13.8 Å². The number of hydrogen-bond donors (Lipinski definition) is 0. The Labute approximate surface area is 166 Å². The molecule has 2 aromatic rings. The van der Waals surface area contributed by atoms with Crippen molar-refractivity contribution in [3.63, 3.8) is 0 Å². The first kappa shape index (κ1) is 19.0. The SMILES string of the molecule is Cc1c(C(=O)c2cccc(N3CCOCC3)c2C)cccc1N1CCOCC1. The fraction of sp³-hybridized carbons (Fsp3) is 0.435. The minimum Gasteiger partial charge on any atom is -0.378 e. The van der Waals surface area contributed by atoms with Crippen LogP contribution < -0.4 is 9.80 Å². The molecule has 0 unspecified atom stereocenters. The van der Waals surface area contributed by atoms with Crippen LogP contribution in [0.3, 0.4) is 0 Å². The predicted molar refractivity (Wildman–Crippen MR) is 112 cm³/mol. The molecule has 0 amide bonds. The number of carbonyl (C=O) groups is 1. The molecular weight excluding hydrogens is 352 g/mol. The van der Waals surface area contributed by atoms with Gasteiger partial charge in [0.25, 0.3) is 0 Å². The zero-order valence-corrected chi connectivity index (χ0v) is 16.7. The lowest BCUT2D eigenvalue weighted by Gasteiger charge is -2.31. The van der Waals surface area contributed by atoms with Crippen molar-refractivity contribution in [2.24, 2.45) is 0 Å². The molecule has 28 heavy (non-hydrogen) atoms. The number of ketones is 1. The van der Waals surface area contributed by atoms with Crippen LogP contribution in [-0.4, -0.2) is 58.4 Å². The van der Waals surface area contributed by atoms with Crippen LogP contribution in [-0.2, 0) is 9.47 Å². The van der Waals surface area contributed by atoms with Gasteiger partial charge >= 0.3 is 0 Å². The van der Waals surface area contributed by atoms with Crippen molar-refractivity contribution < 1.29 is 14.3 Å². The van der Waals surface area contributed by atoms with E-state index in [1.807, 2.05) is 24.3 Å². The Morgan fingerprint density at radius 2 is 1.11 bits per heavy atom. The van der Waals surface area contributed by atoms with Gasteiger partial charge in [-0.15, -0.1) is 0 Å². The van der Waals surface area contributed by atoms with Gasteiger partial charge in [0.15, 0.2) is 5.78 Å². The van der Waals surface area contributed by atoms with Crippen LogP contribution >= 0.6 is 0 Å². The molecule has 2 aromatic carbocycles. The molecule has 148 valence electrons. The number of rotatable bonds is 4. The van der Waals surface area contributed by atoms with Crippen molar-refractivity contribution in [3.8, 4) is 0 Å². The molecule has 0 N–H and O–H groups in total. The van der Waals surface area contributed by atoms with Crippen LogP contribution in [0.1, 0.15) is 27.0 Å². The summed E-state index contributed by atoms with van der Waals surface area (Å²) in [6.45, 7) is 10.5. The largest absolute Gasteiger partial charge is 0.378 e. The van der Waals surface area contributed by atoms with Crippen molar-refractivity contribution in [3.05, 3.63) is 58.7 Å². The first-order chi connectivity index (χ1) is 13.7. The maximum atomic E-state index is 13.5. The molecule has 0 aliphatic carbocycles. The lowest BCUT2D eigenvalue weighted by molar-refractivity contribution is 0.103. The average molecular weight is 380 g/mol. The summed E-state index contributed by atoms with van der Waals surface area (Å²) in [6.07, 6.45) is 0. The smallest absolute Gasteiger partial charge is 0.193 e. The standard InChI is InChI=1S/C23H28N2O3/c1-17-19(5-3-7-21(17)24-9-13-27-14-10-24)23(26)20-6-4-8-22(18(20)2)25-11-15-28-16-12-25/h3-8H,9-16H2,1-2H3. The second-order valence-corrected chi connectivity index (χ2v) is 7.43. The molecule has 0 spiro atoms. The summed E-state index contributed by atoms with van der Waals surface area (Å²) in [5.74, 6) is 0.0974. The lowest BCUT2D eigenvalue weighted by atomic mass is 9.93. The maximum absolute atomic E-state index is 13.5. The highest BCUT2D eigenvalue weighted by Gasteiger charge is 2.22. The molecule has 0 atom stereocenters. The van der Waals surface area contributed by atoms with E-state index in [9.17, 15) is 4.79 Å². The van der Waals surface area contributed by atoms with E-state index in [2.05, 4.69) is 35.8 Å². The molecule has 2 heterocycles. The number of hydrogen-bond acceptors (Lipinski definition) is 5. The normalized spacial score (nSPS) is 17.6. The monoisotopic (exact) mass is 380 g/mol. The van der Waals surface area contributed by atoms with Gasteiger partial charge in [0.05, 0.1) is 26.4 Å². The molecular formula is C23H28N2O3. The minimum atomic E-state index is 0.0974. The Morgan fingerprint density at radius 3 is 1.50 bits per heavy atom. The molecule has 2 saturated heterocycles. The Bertz CT molecular complexity index is 783. The van der Waals surface area contributed by atoms with Crippen LogP contribution in [0.5, 0.6) is 0 Å². The van der Waals surface area contributed by atoms with Crippen molar-refractivity contribution >= 4 is 17.2 Å². The van der Waals surface area contributed by atoms with E-state index >= 15 is 0 Å². The van der Waals surface area contributed by atoms with Gasteiger partial charge in [-0.2, -0.15) is 0 Å². The van der Waals surface area contributed by atoms with Crippen molar-refractivity contribution in [2.75, 3.05) is 62.4 Å². The summed E-state index contributed by atoms with van der Waals surface area (Å²) in [7, 11) is 0. The first-order valence-electron chi connectivity index (χ1n) is 10.1. The minimum absolute atomic E-state index is 0.0974. The molecule has 0 bridgehead atoms. The summed E-state index contributed by atoms with van der Waals surface area (Å²) in [5, 5.41) is 0. The summed E-state index contributed by atoms with van der Waals surface area (Å²) in [5.41, 5.74) is 5.93. The summed E-state index contributed by atoms with van der Waals surface area (Å²) >= 11 is 0. The second-order valence-electron chi connectivity index (χ2n) is 7.43. The van der Waals surface area contributed by atoms with Crippen LogP contribution in [0.2, 0.25) is 0 Å². The Morgan fingerprint density at radius 1 is 0.714 bits per heavy atom. The highest BCUT2D eigenvalue weighted by molar-refractivity contribution is 6.12. The van der Waals surface area contributed by atoms with E-state index in [-0.39, 0.29) is 5.78 Å². The van der Waals surface area contributed by atoms with E-state index in [4.69, 9.17) is 9.47 Å². The fourth-order valence-electron chi connectivity index (χ4n) is 4.18. The van der Waals surface area contributed by atoms with Gasteiger partial charge in [-0.1, -0.05) is 24.3 Å². The van der Waals surface area contributed by atoms with E-state index in [1.165, 1.54) is 0 Å². The maximum Gasteiger partial charge on any atom is 0.193 e. The average Bonchev–Trinajstić information content (AvgIpc) is 2.75. The third-order valence-electron chi connectivity index (χ3n) is 5.80. The van der Waals surface area contributed by atoms with E-state index in [1.54, 1.807) is 0 Å². The van der Waals surface area contributed by atoms with Gasteiger partial charge in [0.1, 0.15) is 0 Å². The highest BCUT2D eigenvalue weighted by Crippen LogP contribution is 2.29. The van der Waals surface area contributed by atoms with E-state index < -0.39 is 0 Å². The molecule has 2 fully saturated rings. The van der Waals surface area contributed by atoms with Gasteiger partial charge in [-0.3, -0.25) is 4.79 Å². The van der Waals surface area contributed by atoms with Gasteiger partial charge in [-0.25, -0.2) is 0 Å². The number of anilines is 2. The van der Waals surface area contributed by atoms with Gasteiger partial charge in [0.2, 0.25) is 0 Å². The molecule has 5 nitrogen and oxygen atoms in total. The first-order valence-corrected chi connectivity index (χ1v) is 10.1. The van der Waals surface area contributed by atoms with Crippen LogP contribution in [0, 0.1) is 13.8 Å². The Hall–Kier alpha value is -2.37. The molecule has 2 aliphatic heterocycles. The lowest BCUT2D eigenvalue weighted by Crippen LogP contribution is -2.37. The third kappa shape index (κ3) is 3.64. The quantitative estimate of drug-likeness (QED) is 0.762. The van der Waals surface area contributed by atoms with Crippen molar-refractivity contribution in [1.29, 1.82) is 0 Å². The topological polar surface area (TPSA) is 42.0 Å². The molecule has 0 radical (unpaired) electrons. The van der Waals surface area contributed by atoms with Crippen LogP contribution in [0.15, 0.2) is 36.4 Å². The van der Waals surface area contributed by atoms with E-state index in [0.29, 0.717) is 0 Å². The van der Waals surface area contributed by atoms with E-state index in [0.717, 1.165) is 86.2 Å². The molecule has 5 heteroatoms. The Balaban J connectivity index is 1.66. The number of morpholine rings is 2. The van der Waals surface area contributed by atoms with Gasteiger partial charge in [0, 0.05) is 48.7 Å². The Kier molecular flexibility index (Phi) is 5.64. The zero-order valence-electron chi connectivity index (χ0n) is 16.7. The highest BCUT2D eigenvalue weighted by atomic mass is 16.5. The molecule has 2 aliphatic rings. The fourth-order valence-corrected chi connectivity index (χ4v) is 4.18. The summed E-state index contributed by atoms with van der Waals surface area (Å²) < 4.78 is 10.9. The number of benzene rings is 2. The molecule has 0 saturated carbocycles. The van der Waals surface area contributed by atoms with Gasteiger partial charge < -0.3 is 19.3 Å². The summed E-state index contributed by atoms with van der Waals surface area (Å²) in [4.78, 5) is 18.1. The number of ether oxygens (including phenoxy) is 2. The number of nitrogens with zero attached hydrogens (tertiary/aromatic N) is 2. The molecule has 0 aromatic heterocycles.